The molecule has 4 rings (SSSR count). The first-order chi connectivity index (χ1) is 12.8. The van der Waals surface area contributed by atoms with E-state index in [4.69, 9.17) is 14.2 Å². The number of hydrogen-bond donors (Lipinski definition) is 3. The molecular weight excluding hydrogens is 368 g/mol. The summed E-state index contributed by atoms with van der Waals surface area (Å²) in [4.78, 5) is 24.9. The summed E-state index contributed by atoms with van der Waals surface area (Å²) in [7, 11) is 0. The van der Waals surface area contributed by atoms with Crippen LogP contribution in [0.1, 0.15) is 47.5 Å². The first-order valence-electron chi connectivity index (χ1n) is 9.73. The molecule has 2 saturated heterocycles. The van der Waals surface area contributed by atoms with Crippen molar-refractivity contribution in [1.29, 1.82) is 0 Å². The maximum absolute atomic E-state index is 12.4. The lowest BCUT2D eigenvalue weighted by molar-refractivity contribution is -0.250. The molecule has 8 nitrogen and oxygen atoms in total. The second-order valence-corrected chi connectivity index (χ2v) is 9.20. The predicted molar refractivity (Wildman–Crippen MR) is 94.9 cm³/mol. The van der Waals surface area contributed by atoms with Gasteiger partial charge in [0.15, 0.2) is 11.2 Å². The van der Waals surface area contributed by atoms with Gasteiger partial charge in [-0.25, -0.2) is 4.79 Å². The minimum absolute atomic E-state index is 0.0488. The van der Waals surface area contributed by atoms with Crippen LogP contribution in [0.5, 0.6) is 0 Å². The molecule has 0 radical (unpaired) electrons. The molecule has 1 spiro atoms. The molecule has 8 heteroatoms. The van der Waals surface area contributed by atoms with Gasteiger partial charge in [-0.05, 0) is 27.7 Å². The Morgan fingerprint density at radius 2 is 1.86 bits per heavy atom. The average molecular weight is 396 g/mol. The van der Waals surface area contributed by atoms with Crippen LogP contribution in [0.2, 0.25) is 0 Å². The number of carbonyl (C=O) groups is 2. The number of carbonyl (C=O) groups excluding carboxylic acids is 2. The Labute approximate surface area is 163 Å². The zero-order valence-corrected chi connectivity index (χ0v) is 16.8. The predicted octanol–water partition coefficient (Wildman–Crippen LogP) is 0.220. The Morgan fingerprint density at radius 3 is 2.46 bits per heavy atom. The first kappa shape index (κ1) is 19.8. The van der Waals surface area contributed by atoms with Gasteiger partial charge in [-0.3, -0.25) is 4.79 Å². The molecular formula is C20H28O8. The largest absolute Gasteiger partial charge is 0.458 e. The molecule has 2 saturated carbocycles. The summed E-state index contributed by atoms with van der Waals surface area (Å²) in [6, 6.07) is 0. The van der Waals surface area contributed by atoms with Crippen molar-refractivity contribution >= 4 is 11.9 Å². The van der Waals surface area contributed by atoms with Gasteiger partial charge in [0.1, 0.15) is 17.8 Å². The number of allylic oxidation sites excluding steroid dienone is 1. The van der Waals surface area contributed by atoms with Gasteiger partial charge in [0.25, 0.3) is 0 Å². The molecule has 2 heterocycles. The Morgan fingerprint density at radius 1 is 1.21 bits per heavy atom. The van der Waals surface area contributed by atoms with Crippen LogP contribution in [-0.4, -0.2) is 68.0 Å². The molecule has 156 valence electrons. The minimum atomic E-state index is -2.03. The summed E-state index contributed by atoms with van der Waals surface area (Å²) in [5.41, 5.74) is -6.39. The number of hydrogen-bond acceptors (Lipinski definition) is 8. The van der Waals surface area contributed by atoms with E-state index in [1.165, 1.54) is 13.8 Å². The van der Waals surface area contributed by atoms with Crippen molar-refractivity contribution < 1.29 is 39.1 Å². The Kier molecular flexibility index (Phi) is 3.94. The van der Waals surface area contributed by atoms with E-state index in [1.54, 1.807) is 26.8 Å². The Hall–Kier alpha value is -1.48. The van der Waals surface area contributed by atoms with Crippen LogP contribution >= 0.6 is 0 Å². The number of epoxide rings is 1. The number of aliphatic hydroxyl groups is 3. The zero-order chi connectivity index (χ0) is 20.9. The van der Waals surface area contributed by atoms with Crippen molar-refractivity contribution in [1.82, 2.24) is 0 Å². The van der Waals surface area contributed by atoms with Crippen molar-refractivity contribution in [3.05, 3.63) is 11.6 Å². The zero-order valence-electron chi connectivity index (χ0n) is 16.8. The topological polar surface area (TPSA) is 126 Å². The van der Waals surface area contributed by atoms with Crippen LogP contribution in [-0.2, 0) is 23.8 Å². The molecule has 0 unspecified atom stereocenters. The molecule has 2 aliphatic carbocycles. The standard InChI is InChI=1S/C20H28O8/c1-6-9(2)15(21)26-11-7-18(5,24)20-12(28-20)8-17(4,23)19(20,25)14-13(11)10(3)16(22)27-14/h6,10-14,23-25H,7-8H2,1-5H3/b9-6-/t10-,11-,12-,13+,14-,17-,18+,19+,20+/m0/s1. The molecule has 3 N–H and O–H groups in total. The second kappa shape index (κ2) is 5.56. The summed E-state index contributed by atoms with van der Waals surface area (Å²) >= 11 is 0. The van der Waals surface area contributed by atoms with Gasteiger partial charge in [0.2, 0.25) is 0 Å². The highest BCUT2D eigenvalue weighted by Gasteiger charge is 2.91. The van der Waals surface area contributed by atoms with E-state index >= 15 is 0 Å². The molecule has 0 aromatic heterocycles. The van der Waals surface area contributed by atoms with E-state index in [1.807, 2.05) is 0 Å². The maximum Gasteiger partial charge on any atom is 0.333 e. The lowest BCUT2D eigenvalue weighted by atomic mass is 9.68. The van der Waals surface area contributed by atoms with Gasteiger partial charge in [0, 0.05) is 24.3 Å². The van der Waals surface area contributed by atoms with Crippen LogP contribution in [0.25, 0.3) is 0 Å². The summed E-state index contributed by atoms with van der Waals surface area (Å²) < 4.78 is 17.0. The highest BCUT2D eigenvalue weighted by molar-refractivity contribution is 5.87. The molecule has 28 heavy (non-hydrogen) atoms. The molecule has 0 aromatic rings. The summed E-state index contributed by atoms with van der Waals surface area (Å²) in [6.07, 6.45) is -0.975. The normalized spacial score (nSPS) is 54.9. The van der Waals surface area contributed by atoms with Gasteiger partial charge in [-0.2, -0.15) is 0 Å². The fourth-order valence-electron chi connectivity index (χ4n) is 5.79. The Bertz CT molecular complexity index is 770. The number of fused-ring (bicyclic) bond motifs is 2. The molecule has 4 fully saturated rings. The SMILES string of the molecule is C/C=C(/C)C(=O)O[C@H]1C[C@@](C)(O)[C@]23O[C@H]2C[C@](C)(O)[C@]3(O)[C@H]2OC(=O)[C@@H](C)[C@H]12. The molecule has 4 aliphatic rings. The van der Waals surface area contributed by atoms with E-state index in [2.05, 4.69) is 0 Å². The van der Waals surface area contributed by atoms with Gasteiger partial charge < -0.3 is 29.5 Å². The highest BCUT2D eigenvalue weighted by Crippen LogP contribution is 2.70. The van der Waals surface area contributed by atoms with Crippen LogP contribution in [0.4, 0.5) is 0 Å². The summed E-state index contributed by atoms with van der Waals surface area (Å²) in [6.45, 7) is 7.93. The van der Waals surface area contributed by atoms with Gasteiger partial charge >= 0.3 is 11.9 Å². The van der Waals surface area contributed by atoms with Crippen LogP contribution in [0.3, 0.4) is 0 Å². The van der Waals surface area contributed by atoms with E-state index in [9.17, 15) is 24.9 Å². The van der Waals surface area contributed by atoms with Crippen molar-refractivity contribution in [2.24, 2.45) is 11.8 Å². The third-order valence-corrected chi connectivity index (χ3v) is 7.49. The van der Waals surface area contributed by atoms with Gasteiger partial charge in [0.05, 0.1) is 17.6 Å². The molecule has 0 amide bonds. The fourth-order valence-corrected chi connectivity index (χ4v) is 5.79. The fraction of sp³-hybridized carbons (Fsp3) is 0.800. The van der Waals surface area contributed by atoms with Crippen molar-refractivity contribution in [2.75, 3.05) is 0 Å². The molecule has 2 aliphatic heterocycles. The van der Waals surface area contributed by atoms with Crippen LogP contribution in [0, 0.1) is 11.8 Å². The van der Waals surface area contributed by atoms with E-state index in [-0.39, 0.29) is 12.8 Å². The Balaban J connectivity index is 1.84. The first-order valence-corrected chi connectivity index (χ1v) is 9.73. The lowest BCUT2D eigenvalue weighted by Crippen LogP contribution is -2.70. The maximum atomic E-state index is 12.4. The van der Waals surface area contributed by atoms with Crippen LogP contribution < -0.4 is 0 Å². The van der Waals surface area contributed by atoms with Crippen molar-refractivity contribution in [2.45, 2.75) is 88.2 Å². The lowest BCUT2D eigenvalue weighted by Gasteiger charge is -2.47. The van der Waals surface area contributed by atoms with E-state index in [0.29, 0.717) is 5.57 Å². The second-order valence-electron chi connectivity index (χ2n) is 9.20. The highest BCUT2D eigenvalue weighted by atomic mass is 16.7. The number of esters is 2. The van der Waals surface area contributed by atoms with Gasteiger partial charge in [-0.15, -0.1) is 0 Å². The minimum Gasteiger partial charge on any atom is -0.458 e. The average Bonchev–Trinajstić information content (AvgIpc) is 3.20. The quantitative estimate of drug-likeness (QED) is 0.344. The third-order valence-electron chi connectivity index (χ3n) is 7.49. The molecule has 9 atom stereocenters. The van der Waals surface area contributed by atoms with Crippen molar-refractivity contribution in [3.63, 3.8) is 0 Å². The smallest absolute Gasteiger partial charge is 0.333 e. The third kappa shape index (κ3) is 2.09. The summed E-state index contributed by atoms with van der Waals surface area (Å²) in [5, 5.41) is 34.2. The van der Waals surface area contributed by atoms with Gasteiger partial charge in [-0.1, -0.05) is 13.0 Å². The monoisotopic (exact) mass is 396 g/mol. The molecule has 0 aromatic carbocycles. The number of rotatable bonds is 2. The van der Waals surface area contributed by atoms with E-state index in [0.717, 1.165) is 0 Å². The van der Waals surface area contributed by atoms with Crippen molar-refractivity contribution in [3.8, 4) is 0 Å². The summed E-state index contributed by atoms with van der Waals surface area (Å²) in [5.74, 6) is -2.52. The van der Waals surface area contributed by atoms with E-state index < -0.39 is 64.5 Å². The number of ether oxygens (including phenoxy) is 3. The molecule has 0 bridgehead atoms. The van der Waals surface area contributed by atoms with Crippen LogP contribution in [0.15, 0.2) is 11.6 Å².